The van der Waals surface area contributed by atoms with Gasteiger partial charge in [0, 0.05) is 44.8 Å². The number of hydrogen-bond acceptors (Lipinski definition) is 7. The van der Waals surface area contributed by atoms with Gasteiger partial charge in [-0.3, -0.25) is 9.69 Å². The van der Waals surface area contributed by atoms with E-state index >= 15 is 0 Å². The molecule has 8 nitrogen and oxygen atoms in total. The molecule has 0 bridgehead atoms. The van der Waals surface area contributed by atoms with Crippen LogP contribution >= 0.6 is 0 Å². The maximum Gasteiger partial charge on any atom is 0.252 e. The minimum atomic E-state index is -0.0920. The number of piperazine rings is 1. The third-order valence-electron chi connectivity index (χ3n) is 6.54. The summed E-state index contributed by atoms with van der Waals surface area (Å²) in [5, 5.41) is 19.4. The van der Waals surface area contributed by atoms with Crippen LogP contribution in [-0.2, 0) is 13.5 Å². The van der Waals surface area contributed by atoms with Crippen LogP contribution in [0.15, 0.2) is 41.2 Å². The maximum absolute atomic E-state index is 12.6. The Morgan fingerprint density at radius 3 is 2.67 bits per heavy atom. The first-order chi connectivity index (χ1) is 15.8. The molecule has 3 heterocycles. The summed E-state index contributed by atoms with van der Waals surface area (Å²) in [5.74, 6) is 0.631. The van der Waals surface area contributed by atoms with Crippen molar-refractivity contribution in [3.63, 3.8) is 0 Å². The van der Waals surface area contributed by atoms with E-state index in [1.54, 1.807) is 49.1 Å². The summed E-state index contributed by atoms with van der Waals surface area (Å²) in [6.07, 6.45) is 0.816. The lowest BCUT2D eigenvalue weighted by Crippen LogP contribution is -2.57. The molecule has 0 spiro atoms. The first-order valence-corrected chi connectivity index (χ1v) is 11.1. The van der Waals surface area contributed by atoms with E-state index in [9.17, 15) is 15.2 Å². The van der Waals surface area contributed by atoms with Gasteiger partial charge >= 0.3 is 0 Å². The van der Waals surface area contributed by atoms with Crippen LogP contribution in [0.25, 0.3) is 11.0 Å². The van der Waals surface area contributed by atoms with Crippen LogP contribution in [-0.4, -0.2) is 58.4 Å². The summed E-state index contributed by atoms with van der Waals surface area (Å²) in [6, 6.07) is 13.1. The Balaban J connectivity index is 1.56. The summed E-state index contributed by atoms with van der Waals surface area (Å²) in [6.45, 7) is 6.77. The minimum absolute atomic E-state index is 0.0920. The number of hydrogen-bond donors (Lipinski definition) is 1. The van der Waals surface area contributed by atoms with Crippen molar-refractivity contribution in [1.29, 1.82) is 5.26 Å². The van der Waals surface area contributed by atoms with E-state index in [2.05, 4.69) is 34.7 Å². The van der Waals surface area contributed by atoms with Crippen molar-refractivity contribution in [3.8, 4) is 17.6 Å². The third-order valence-corrected chi connectivity index (χ3v) is 6.54. The monoisotopic (exact) mass is 447 g/mol. The molecule has 0 unspecified atom stereocenters. The van der Waals surface area contributed by atoms with E-state index < -0.39 is 0 Å². The van der Waals surface area contributed by atoms with E-state index in [1.165, 1.54) is 0 Å². The van der Waals surface area contributed by atoms with Gasteiger partial charge in [-0.2, -0.15) is 5.26 Å². The van der Waals surface area contributed by atoms with Crippen LogP contribution < -0.4 is 15.2 Å². The number of aryl methyl sites for hydroxylation is 1. The Hall–Kier alpha value is -3.57. The number of ether oxygens (including phenoxy) is 1. The molecule has 1 saturated heterocycles. The zero-order valence-electron chi connectivity index (χ0n) is 19.4. The van der Waals surface area contributed by atoms with Crippen molar-refractivity contribution >= 4 is 16.7 Å². The highest BCUT2D eigenvalue weighted by Crippen LogP contribution is 2.30. The molecule has 2 aromatic heterocycles. The van der Waals surface area contributed by atoms with E-state index in [0.717, 1.165) is 42.8 Å². The van der Waals surface area contributed by atoms with E-state index in [4.69, 9.17) is 4.74 Å². The molecule has 33 heavy (non-hydrogen) atoms. The standard InChI is InChI=1S/C25H29N5O3/c1-16-15-30(21-12-24(32)28(3)20-7-6-19(13-26)27-25(20)21)17(2)14-29(16)10-9-18-5-8-23(33-4)22(31)11-18/h5-8,11-12,16-17,31H,9-10,14-15H2,1-4H3/t16-,17+/m1/s1. The fourth-order valence-corrected chi connectivity index (χ4v) is 4.60. The molecule has 1 aromatic carbocycles. The number of pyridine rings is 2. The highest BCUT2D eigenvalue weighted by atomic mass is 16.5. The molecule has 0 radical (unpaired) electrons. The van der Waals surface area contributed by atoms with E-state index in [0.29, 0.717) is 17.0 Å². The summed E-state index contributed by atoms with van der Waals surface area (Å²) in [5.41, 5.74) is 3.48. The van der Waals surface area contributed by atoms with Crippen molar-refractivity contribution in [2.24, 2.45) is 7.05 Å². The lowest BCUT2D eigenvalue weighted by molar-refractivity contribution is 0.168. The number of phenolic OH excluding ortho intramolecular Hbond substituents is 1. The molecule has 1 aliphatic rings. The van der Waals surface area contributed by atoms with E-state index in [-0.39, 0.29) is 23.4 Å². The first kappa shape index (κ1) is 22.6. The van der Waals surface area contributed by atoms with Crippen molar-refractivity contribution < 1.29 is 9.84 Å². The first-order valence-electron chi connectivity index (χ1n) is 11.1. The summed E-state index contributed by atoms with van der Waals surface area (Å²) in [7, 11) is 3.27. The molecule has 0 aliphatic carbocycles. The van der Waals surface area contributed by atoms with Crippen molar-refractivity contribution in [3.05, 3.63) is 58.0 Å². The molecule has 1 aliphatic heterocycles. The van der Waals surface area contributed by atoms with Gasteiger partial charge in [0.25, 0.3) is 5.56 Å². The number of fused-ring (bicyclic) bond motifs is 1. The Bertz CT molecular complexity index is 1280. The van der Waals surface area contributed by atoms with Crippen LogP contribution in [0.4, 0.5) is 5.69 Å². The number of aromatic hydroxyl groups is 1. The molecular formula is C25H29N5O3. The van der Waals surface area contributed by atoms with Gasteiger partial charge in [-0.15, -0.1) is 0 Å². The van der Waals surface area contributed by atoms with Gasteiger partial charge in [-0.25, -0.2) is 4.98 Å². The zero-order valence-corrected chi connectivity index (χ0v) is 19.4. The second-order valence-electron chi connectivity index (χ2n) is 8.70. The van der Waals surface area contributed by atoms with Gasteiger partial charge in [0.15, 0.2) is 11.5 Å². The minimum Gasteiger partial charge on any atom is -0.504 e. The molecule has 1 fully saturated rings. The molecule has 3 aromatic rings. The highest BCUT2D eigenvalue weighted by molar-refractivity contribution is 5.89. The van der Waals surface area contributed by atoms with Gasteiger partial charge in [0.1, 0.15) is 17.3 Å². The van der Waals surface area contributed by atoms with Gasteiger partial charge in [0.05, 0.1) is 18.3 Å². The Morgan fingerprint density at radius 1 is 1.18 bits per heavy atom. The normalized spacial score (nSPS) is 18.9. The number of phenols is 1. The largest absolute Gasteiger partial charge is 0.504 e. The zero-order chi connectivity index (χ0) is 23.7. The van der Waals surface area contributed by atoms with Crippen LogP contribution in [0.5, 0.6) is 11.5 Å². The highest BCUT2D eigenvalue weighted by Gasteiger charge is 2.30. The second kappa shape index (κ2) is 9.12. The van der Waals surface area contributed by atoms with Gasteiger partial charge in [-0.05, 0) is 50.1 Å². The molecule has 2 atom stereocenters. The molecule has 4 rings (SSSR count). The van der Waals surface area contributed by atoms with Gasteiger partial charge in [-0.1, -0.05) is 6.07 Å². The average Bonchev–Trinajstić information content (AvgIpc) is 2.81. The SMILES string of the molecule is COc1ccc(CCN2C[C@H](C)N(c3cc(=O)n(C)c4ccc(C#N)nc34)C[C@H]2C)cc1O. The summed E-state index contributed by atoms with van der Waals surface area (Å²) < 4.78 is 6.70. The quantitative estimate of drug-likeness (QED) is 0.643. The molecular weight excluding hydrogens is 418 g/mol. The molecule has 8 heteroatoms. The average molecular weight is 448 g/mol. The van der Waals surface area contributed by atoms with Crippen molar-refractivity contribution in [1.82, 2.24) is 14.5 Å². The fourth-order valence-electron chi connectivity index (χ4n) is 4.60. The Labute approximate surface area is 193 Å². The number of nitriles is 1. The lowest BCUT2D eigenvalue weighted by Gasteiger charge is -2.45. The van der Waals surface area contributed by atoms with Gasteiger partial charge in [0.2, 0.25) is 0 Å². The summed E-state index contributed by atoms with van der Waals surface area (Å²) in [4.78, 5) is 21.8. The lowest BCUT2D eigenvalue weighted by atomic mass is 10.0. The second-order valence-corrected chi connectivity index (χ2v) is 8.70. The Kier molecular flexibility index (Phi) is 6.25. The van der Waals surface area contributed by atoms with Crippen LogP contribution in [0.1, 0.15) is 25.1 Å². The maximum atomic E-state index is 12.6. The predicted molar refractivity (Wildman–Crippen MR) is 128 cm³/mol. The van der Waals surface area contributed by atoms with E-state index in [1.807, 2.05) is 6.07 Å². The summed E-state index contributed by atoms with van der Waals surface area (Å²) >= 11 is 0. The molecule has 1 N–H and O–H groups in total. The molecule has 0 amide bonds. The molecule has 172 valence electrons. The number of benzene rings is 1. The third kappa shape index (κ3) is 4.37. The van der Waals surface area contributed by atoms with Crippen LogP contribution in [0.3, 0.4) is 0 Å². The predicted octanol–water partition coefficient (Wildman–Crippen LogP) is 2.66. The fraction of sp³-hybridized carbons (Fsp3) is 0.400. The number of nitrogens with zero attached hydrogens (tertiary/aromatic N) is 5. The smallest absolute Gasteiger partial charge is 0.252 e. The number of methoxy groups -OCH3 is 1. The number of anilines is 1. The number of rotatable bonds is 5. The Morgan fingerprint density at radius 2 is 1.97 bits per heavy atom. The topological polar surface area (TPSA) is 94.6 Å². The van der Waals surface area contributed by atoms with Crippen LogP contribution in [0, 0.1) is 11.3 Å². The van der Waals surface area contributed by atoms with Crippen molar-refractivity contribution in [2.75, 3.05) is 31.6 Å². The number of aromatic nitrogens is 2. The van der Waals surface area contributed by atoms with Crippen molar-refractivity contribution in [2.45, 2.75) is 32.4 Å². The molecule has 0 saturated carbocycles. The van der Waals surface area contributed by atoms with Gasteiger partial charge < -0.3 is 19.3 Å². The van der Waals surface area contributed by atoms with Crippen LogP contribution in [0.2, 0.25) is 0 Å².